The van der Waals surface area contributed by atoms with Crippen molar-refractivity contribution in [1.82, 2.24) is 9.78 Å². The highest BCUT2D eigenvalue weighted by Gasteiger charge is 2.60. The highest BCUT2D eigenvalue weighted by molar-refractivity contribution is 5.36. The Morgan fingerprint density at radius 1 is 1.54 bits per heavy atom. The summed E-state index contributed by atoms with van der Waals surface area (Å²) in [6.07, 6.45) is 2.97. The van der Waals surface area contributed by atoms with Gasteiger partial charge in [0, 0.05) is 18.3 Å². The topological polar surface area (TPSA) is 43.8 Å². The molecule has 0 aromatic carbocycles. The molecule has 1 aliphatic carbocycles. The first kappa shape index (κ1) is 8.75. The molecular weight excluding hydrogens is 162 g/mol. The van der Waals surface area contributed by atoms with Gasteiger partial charge in [-0.15, -0.1) is 0 Å². The lowest BCUT2D eigenvalue weighted by Gasteiger charge is -2.14. The third-order valence-electron chi connectivity index (χ3n) is 3.52. The van der Waals surface area contributed by atoms with Gasteiger partial charge in [-0.05, 0) is 18.8 Å². The molecule has 2 N–H and O–H groups in total. The lowest BCUT2D eigenvalue weighted by molar-refractivity contribution is 0.507. The quantitative estimate of drug-likeness (QED) is 0.706. The van der Waals surface area contributed by atoms with Gasteiger partial charge in [0.15, 0.2) is 0 Å². The first-order chi connectivity index (χ1) is 5.88. The maximum atomic E-state index is 6.31. The average Bonchev–Trinajstić information content (AvgIpc) is 2.35. The molecule has 0 saturated heterocycles. The van der Waals surface area contributed by atoms with Gasteiger partial charge in [-0.1, -0.05) is 13.8 Å². The highest BCUT2D eigenvalue weighted by atomic mass is 15.3. The molecule has 1 atom stereocenters. The van der Waals surface area contributed by atoms with Crippen LogP contribution in [-0.4, -0.2) is 9.78 Å². The molecule has 0 radical (unpaired) electrons. The maximum absolute atomic E-state index is 6.31. The van der Waals surface area contributed by atoms with Crippen LogP contribution in [-0.2, 0) is 12.6 Å². The lowest BCUT2D eigenvalue weighted by Crippen LogP contribution is -2.26. The Balaban J connectivity index is 2.44. The number of hydrogen-bond acceptors (Lipinski definition) is 2. The second-order valence-corrected chi connectivity index (χ2v) is 4.80. The van der Waals surface area contributed by atoms with Crippen LogP contribution < -0.4 is 5.73 Å². The monoisotopic (exact) mass is 179 g/mol. The summed E-state index contributed by atoms with van der Waals surface area (Å²) in [6, 6.07) is 0. The highest BCUT2D eigenvalue weighted by Crippen LogP contribution is 2.60. The van der Waals surface area contributed by atoms with E-state index >= 15 is 0 Å². The standard InChI is InChI=1S/C10H17N3/c1-7-8(5-12-13(7)4)10(11)6-9(10,2)3/h5H,6,11H2,1-4H3. The number of rotatable bonds is 1. The summed E-state index contributed by atoms with van der Waals surface area (Å²) in [7, 11) is 1.96. The van der Waals surface area contributed by atoms with E-state index in [1.165, 1.54) is 11.3 Å². The summed E-state index contributed by atoms with van der Waals surface area (Å²) in [4.78, 5) is 0. The average molecular weight is 179 g/mol. The molecule has 1 aromatic heterocycles. The third-order valence-corrected chi connectivity index (χ3v) is 3.52. The van der Waals surface area contributed by atoms with Gasteiger partial charge in [-0.2, -0.15) is 5.10 Å². The minimum Gasteiger partial charge on any atom is -0.321 e. The van der Waals surface area contributed by atoms with Crippen LogP contribution in [0.1, 0.15) is 31.5 Å². The first-order valence-electron chi connectivity index (χ1n) is 4.66. The number of aryl methyl sites for hydroxylation is 1. The summed E-state index contributed by atoms with van der Waals surface area (Å²) >= 11 is 0. The zero-order valence-electron chi connectivity index (χ0n) is 8.76. The van der Waals surface area contributed by atoms with E-state index in [-0.39, 0.29) is 11.0 Å². The normalized spacial score (nSPS) is 30.5. The summed E-state index contributed by atoms with van der Waals surface area (Å²) in [5.41, 5.74) is 8.81. The fraction of sp³-hybridized carbons (Fsp3) is 0.700. The Morgan fingerprint density at radius 2 is 2.08 bits per heavy atom. The van der Waals surface area contributed by atoms with Crippen molar-refractivity contribution in [3.05, 3.63) is 17.5 Å². The minimum atomic E-state index is -0.134. The van der Waals surface area contributed by atoms with E-state index in [1.807, 2.05) is 17.9 Å². The third kappa shape index (κ3) is 0.967. The fourth-order valence-corrected chi connectivity index (χ4v) is 2.05. The molecular formula is C10H17N3. The van der Waals surface area contributed by atoms with Crippen molar-refractivity contribution in [3.8, 4) is 0 Å². The van der Waals surface area contributed by atoms with Crippen LogP contribution >= 0.6 is 0 Å². The molecule has 72 valence electrons. The molecule has 1 saturated carbocycles. The Hall–Kier alpha value is -0.830. The van der Waals surface area contributed by atoms with Gasteiger partial charge < -0.3 is 5.73 Å². The predicted molar refractivity (Wildman–Crippen MR) is 52.2 cm³/mol. The van der Waals surface area contributed by atoms with Crippen LogP contribution in [0.15, 0.2) is 6.20 Å². The van der Waals surface area contributed by atoms with Crippen LogP contribution in [0.3, 0.4) is 0 Å². The SMILES string of the molecule is Cc1c(C2(N)CC2(C)C)cnn1C. The molecule has 0 bridgehead atoms. The molecule has 0 spiro atoms. The zero-order valence-corrected chi connectivity index (χ0v) is 8.76. The van der Waals surface area contributed by atoms with E-state index in [0.29, 0.717) is 0 Å². The first-order valence-corrected chi connectivity index (χ1v) is 4.66. The van der Waals surface area contributed by atoms with Gasteiger partial charge in [0.25, 0.3) is 0 Å². The van der Waals surface area contributed by atoms with E-state index in [0.717, 1.165) is 6.42 Å². The van der Waals surface area contributed by atoms with Crippen molar-refractivity contribution in [2.24, 2.45) is 18.2 Å². The molecule has 1 aliphatic rings. The molecule has 2 rings (SSSR count). The van der Waals surface area contributed by atoms with Crippen LogP contribution in [0.25, 0.3) is 0 Å². The second kappa shape index (κ2) is 2.15. The fourth-order valence-electron chi connectivity index (χ4n) is 2.05. The van der Waals surface area contributed by atoms with E-state index in [1.54, 1.807) is 0 Å². The predicted octanol–water partition coefficient (Wildman–Crippen LogP) is 1.31. The zero-order chi connectivity index (χ0) is 9.85. The molecule has 0 amide bonds. The molecule has 3 heteroatoms. The molecule has 1 aromatic rings. The second-order valence-electron chi connectivity index (χ2n) is 4.80. The maximum Gasteiger partial charge on any atom is 0.0543 e. The van der Waals surface area contributed by atoms with E-state index in [4.69, 9.17) is 5.73 Å². The summed E-state index contributed by atoms with van der Waals surface area (Å²) in [5.74, 6) is 0. The number of nitrogens with zero attached hydrogens (tertiary/aromatic N) is 2. The Bertz CT molecular complexity index is 351. The molecule has 1 heterocycles. The van der Waals surface area contributed by atoms with E-state index < -0.39 is 0 Å². The summed E-state index contributed by atoms with van der Waals surface area (Å²) in [5, 5.41) is 4.22. The molecule has 1 unspecified atom stereocenters. The van der Waals surface area contributed by atoms with Gasteiger partial charge in [-0.3, -0.25) is 4.68 Å². The molecule has 0 aliphatic heterocycles. The van der Waals surface area contributed by atoms with Crippen LogP contribution in [0.2, 0.25) is 0 Å². The number of hydrogen-bond donors (Lipinski definition) is 1. The Labute approximate surface area is 78.9 Å². The summed E-state index contributed by atoms with van der Waals surface area (Å²) < 4.78 is 1.89. The van der Waals surface area contributed by atoms with Crippen molar-refractivity contribution in [3.63, 3.8) is 0 Å². The Kier molecular flexibility index (Phi) is 1.45. The van der Waals surface area contributed by atoms with Crippen molar-refractivity contribution in [1.29, 1.82) is 0 Å². The smallest absolute Gasteiger partial charge is 0.0543 e. The number of nitrogens with two attached hydrogens (primary N) is 1. The van der Waals surface area contributed by atoms with Gasteiger partial charge in [0.05, 0.1) is 11.7 Å². The van der Waals surface area contributed by atoms with Gasteiger partial charge in [-0.25, -0.2) is 0 Å². The Morgan fingerprint density at radius 3 is 2.38 bits per heavy atom. The van der Waals surface area contributed by atoms with E-state index in [9.17, 15) is 0 Å². The van der Waals surface area contributed by atoms with Gasteiger partial charge in [0.2, 0.25) is 0 Å². The molecule has 1 fully saturated rings. The molecule has 3 nitrogen and oxygen atoms in total. The summed E-state index contributed by atoms with van der Waals surface area (Å²) in [6.45, 7) is 6.49. The van der Waals surface area contributed by atoms with Crippen LogP contribution in [0, 0.1) is 12.3 Å². The van der Waals surface area contributed by atoms with Crippen molar-refractivity contribution >= 4 is 0 Å². The minimum absolute atomic E-state index is 0.134. The van der Waals surface area contributed by atoms with Crippen LogP contribution in [0.4, 0.5) is 0 Å². The largest absolute Gasteiger partial charge is 0.321 e. The van der Waals surface area contributed by atoms with Gasteiger partial charge in [0.1, 0.15) is 0 Å². The van der Waals surface area contributed by atoms with Crippen LogP contribution in [0.5, 0.6) is 0 Å². The van der Waals surface area contributed by atoms with Crippen molar-refractivity contribution < 1.29 is 0 Å². The number of aromatic nitrogens is 2. The van der Waals surface area contributed by atoms with Gasteiger partial charge >= 0.3 is 0 Å². The van der Waals surface area contributed by atoms with E-state index in [2.05, 4.69) is 25.9 Å². The van der Waals surface area contributed by atoms with Crippen molar-refractivity contribution in [2.75, 3.05) is 0 Å². The molecule has 13 heavy (non-hydrogen) atoms. The lowest BCUT2D eigenvalue weighted by atomic mass is 9.98. The van der Waals surface area contributed by atoms with Crippen molar-refractivity contribution in [2.45, 2.75) is 32.7 Å².